The molecule has 4 atom stereocenters. The molecule has 1 aliphatic carbocycles. The van der Waals surface area contributed by atoms with Crippen molar-refractivity contribution in [3.05, 3.63) is 96.1 Å². The molecule has 8 rings (SSSR count). The molecular weight excluding hydrogens is 502 g/mol. The fourth-order valence-corrected chi connectivity index (χ4v) is 7.28. The van der Waals surface area contributed by atoms with E-state index < -0.39 is 5.60 Å². The van der Waals surface area contributed by atoms with E-state index in [9.17, 15) is 14.7 Å². The van der Waals surface area contributed by atoms with Gasteiger partial charge in [-0.15, -0.1) is 0 Å². The molecule has 8 heteroatoms. The minimum Gasteiger partial charge on any atom is -0.387 e. The maximum Gasteiger partial charge on any atom is 0.253 e. The summed E-state index contributed by atoms with van der Waals surface area (Å²) in [5.41, 5.74) is 3.87. The number of likely N-dealkylation sites (tertiary alicyclic amines) is 2. The third kappa shape index (κ3) is 3.42. The summed E-state index contributed by atoms with van der Waals surface area (Å²) in [6.45, 7) is 1.89. The molecule has 3 fully saturated rings. The molecule has 198 valence electrons. The Morgan fingerprint density at radius 1 is 0.725 bits per heavy atom. The van der Waals surface area contributed by atoms with Gasteiger partial charge in [-0.05, 0) is 64.2 Å². The number of hydrogen-bond donors (Lipinski definition) is 2. The SMILES string of the molecule is O=C(c1ccc2n[nH]nc2c1)N1C[C@@H]2C3CN(C(=O)c4ccc5ccc(-c6ccccc6)cc5c4)CC3(O)[C@@H]2C1. The molecule has 0 spiro atoms. The van der Waals surface area contributed by atoms with Crippen molar-refractivity contribution >= 4 is 33.6 Å². The summed E-state index contributed by atoms with van der Waals surface area (Å²) in [5, 5.41) is 24.5. The van der Waals surface area contributed by atoms with Crippen molar-refractivity contribution in [3.8, 4) is 11.1 Å². The summed E-state index contributed by atoms with van der Waals surface area (Å²) in [5.74, 6) is 0.0248. The maximum absolute atomic E-state index is 13.6. The average molecular weight is 530 g/mol. The van der Waals surface area contributed by atoms with Crippen LogP contribution in [0.1, 0.15) is 20.7 Å². The third-order valence-corrected chi connectivity index (χ3v) is 9.36. The van der Waals surface area contributed by atoms with Gasteiger partial charge in [0.1, 0.15) is 11.0 Å². The van der Waals surface area contributed by atoms with Crippen molar-refractivity contribution in [1.29, 1.82) is 0 Å². The second kappa shape index (κ2) is 8.47. The molecule has 4 aromatic carbocycles. The largest absolute Gasteiger partial charge is 0.387 e. The van der Waals surface area contributed by atoms with Gasteiger partial charge in [-0.1, -0.05) is 48.5 Å². The molecule has 1 aromatic heterocycles. The molecule has 3 aliphatic rings. The normalized spacial score (nSPS) is 25.2. The van der Waals surface area contributed by atoms with Crippen LogP contribution in [0.4, 0.5) is 0 Å². The van der Waals surface area contributed by atoms with Crippen molar-refractivity contribution in [2.45, 2.75) is 5.60 Å². The first-order chi connectivity index (χ1) is 19.5. The Morgan fingerprint density at radius 2 is 1.43 bits per heavy atom. The maximum atomic E-state index is 13.6. The molecule has 5 aromatic rings. The monoisotopic (exact) mass is 529 g/mol. The van der Waals surface area contributed by atoms with Crippen molar-refractivity contribution in [2.24, 2.45) is 17.8 Å². The quantitative estimate of drug-likeness (QED) is 0.368. The molecule has 0 bridgehead atoms. The smallest absolute Gasteiger partial charge is 0.253 e. The number of aliphatic hydroxyl groups is 1. The number of hydrogen-bond acceptors (Lipinski definition) is 5. The Hall–Kier alpha value is -4.56. The van der Waals surface area contributed by atoms with Crippen LogP contribution < -0.4 is 0 Å². The molecule has 3 heterocycles. The van der Waals surface area contributed by atoms with Crippen LogP contribution in [0, 0.1) is 17.8 Å². The second-order valence-electron chi connectivity index (χ2n) is 11.4. The molecule has 2 unspecified atom stereocenters. The number of rotatable bonds is 3. The zero-order valence-corrected chi connectivity index (χ0v) is 21.7. The van der Waals surface area contributed by atoms with Crippen molar-refractivity contribution in [3.63, 3.8) is 0 Å². The highest BCUT2D eigenvalue weighted by molar-refractivity contribution is 6.00. The zero-order valence-electron chi connectivity index (χ0n) is 21.7. The first-order valence-electron chi connectivity index (χ1n) is 13.7. The number of carbonyl (C=O) groups excluding carboxylic acids is 2. The fourth-order valence-electron chi connectivity index (χ4n) is 7.28. The lowest BCUT2D eigenvalue weighted by Gasteiger charge is -2.50. The summed E-state index contributed by atoms with van der Waals surface area (Å²) in [4.78, 5) is 30.5. The summed E-state index contributed by atoms with van der Waals surface area (Å²) in [7, 11) is 0. The minimum absolute atomic E-state index is 0.0255. The fraction of sp³-hybridized carbons (Fsp3) is 0.250. The van der Waals surface area contributed by atoms with Crippen LogP contribution in [0.15, 0.2) is 84.9 Å². The van der Waals surface area contributed by atoms with Gasteiger partial charge in [0, 0.05) is 42.6 Å². The van der Waals surface area contributed by atoms with Gasteiger partial charge in [-0.2, -0.15) is 15.4 Å². The number of nitrogens with one attached hydrogen (secondary N) is 1. The molecule has 40 heavy (non-hydrogen) atoms. The predicted molar refractivity (Wildman–Crippen MR) is 150 cm³/mol. The van der Waals surface area contributed by atoms with Gasteiger partial charge in [-0.3, -0.25) is 9.59 Å². The lowest BCUT2D eigenvalue weighted by atomic mass is 9.56. The van der Waals surface area contributed by atoms with Gasteiger partial charge >= 0.3 is 0 Å². The average Bonchev–Trinajstić information content (AvgIpc) is 3.71. The van der Waals surface area contributed by atoms with E-state index in [1.165, 1.54) is 0 Å². The number of aromatic nitrogens is 3. The molecule has 2 N–H and O–H groups in total. The lowest BCUT2D eigenvalue weighted by Crippen LogP contribution is -2.61. The topological polar surface area (TPSA) is 102 Å². The highest BCUT2D eigenvalue weighted by atomic mass is 16.3. The Kier molecular flexibility index (Phi) is 4.94. The summed E-state index contributed by atoms with van der Waals surface area (Å²) in [6.07, 6.45) is 0. The Balaban J connectivity index is 0.990. The molecule has 8 nitrogen and oxygen atoms in total. The number of β-amino-alcohol motifs (C(OH)–C–C–N with tert-alkyl or cyclic N) is 1. The molecule has 1 saturated carbocycles. The van der Waals surface area contributed by atoms with Crippen LogP contribution in [0.5, 0.6) is 0 Å². The van der Waals surface area contributed by atoms with E-state index in [4.69, 9.17) is 0 Å². The van der Waals surface area contributed by atoms with E-state index in [0.29, 0.717) is 42.8 Å². The minimum atomic E-state index is -0.956. The molecule has 0 radical (unpaired) electrons. The van der Waals surface area contributed by atoms with Gasteiger partial charge in [0.05, 0.1) is 12.1 Å². The van der Waals surface area contributed by atoms with Gasteiger partial charge < -0.3 is 14.9 Å². The Bertz CT molecular complexity index is 1820. The van der Waals surface area contributed by atoms with Crippen LogP contribution in [-0.2, 0) is 0 Å². The van der Waals surface area contributed by atoms with Crippen molar-refractivity contribution in [1.82, 2.24) is 25.2 Å². The number of benzene rings is 4. The van der Waals surface area contributed by atoms with Gasteiger partial charge in [0.25, 0.3) is 11.8 Å². The first kappa shape index (κ1) is 23.3. The molecular formula is C32H27N5O3. The van der Waals surface area contributed by atoms with E-state index in [0.717, 1.165) is 27.4 Å². The van der Waals surface area contributed by atoms with Crippen LogP contribution in [0.25, 0.3) is 32.9 Å². The van der Waals surface area contributed by atoms with E-state index in [1.807, 2.05) is 41.3 Å². The number of H-pyrrole nitrogens is 1. The summed E-state index contributed by atoms with van der Waals surface area (Å²) >= 11 is 0. The van der Waals surface area contributed by atoms with Crippen molar-refractivity contribution in [2.75, 3.05) is 26.2 Å². The summed E-state index contributed by atoms with van der Waals surface area (Å²) < 4.78 is 0. The van der Waals surface area contributed by atoms with Crippen LogP contribution in [0.3, 0.4) is 0 Å². The van der Waals surface area contributed by atoms with Crippen LogP contribution in [-0.4, -0.2) is 73.9 Å². The van der Waals surface area contributed by atoms with Crippen LogP contribution >= 0.6 is 0 Å². The molecule has 2 amide bonds. The number of amides is 2. The third-order valence-electron chi connectivity index (χ3n) is 9.36. The van der Waals surface area contributed by atoms with Gasteiger partial charge in [0.2, 0.25) is 0 Å². The van der Waals surface area contributed by atoms with E-state index in [2.05, 4.69) is 45.7 Å². The predicted octanol–water partition coefficient (Wildman–Crippen LogP) is 3.98. The number of carbonyl (C=O) groups is 2. The van der Waals surface area contributed by atoms with E-state index in [-0.39, 0.29) is 29.6 Å². The number of nitrogens with zero attached hydrogens (tertiary/aromatic N) is 4. The molecule has 2 saturated heterocycles. The van der Waals surface area contributed by atoms with Gasteiger partial charge in [-0.25, -0.2) is 0 Å². The number of aromatic amines is 1. The van der Waals surface area contributed by atoms with E-state index in [1.54, 1.807) is 23.1 Å². The van der Waals surface area contributed by atoms with Crippen LogP contribution in [0.2, 0.25) is 0 Å². The first-order valence-corrected chi connectivity index (χ1v) is 13.7. The standard InChI is InChI=1S/C32H27N5O3/c38-30(23-10-11-28-29(14-23)34-35-33-28)36-15-25-26(16-36)32(40)18-37(17-27(25)32)31(39)22-9-7-20-6-8-21(12-24(20)13-22)19-4-2-1-3-5-19/h1-14,25-27,40H,15-18H2,(H,33,34,35)/t25-,26+,27?,32?/m0/s1. The highest BCUT2D eigenvalue weighted by Crippen LogP contribution is 2.57. The van der Waals surface area contributed by atoms with E-state index >= 15 is 0 Å². The zero-order chi connectivity index (χ0) is 27.0. The van der Waals surface area contributed by atoms with Crippen molar-refractivity contribution < 1.29 is 14.7 Å². The van der Waals surface area contributed by atoms with Gasteiger partial charge in [0.15, 0.2) is 0 Å². The summed E-state index contributed by atoms with van der Waals surface area (Å²) in [6, 6.07) is 27.7. The second-order valence-corrected chi connectivity index (χ2v) is 11.4. The molecule has 2 aliphatic heterocycles. The Labute approximate surface area is 230 Å². The highest BCUT2D eigenvalue weighted by Gasteiger charge is 2.68. The lowest BCUT2D eigenvalue weighted by molar-refractivity contribution is -0.145. The Morgan fingerprint density at radius 3 is 2.27 bits per heavy atom. The number of fused-ring (bicyclic) bond motifs is 6.